The van der Waals surface area contributed by atoms with Crippen LogP contribution in [0.1, 0.15) is 57.8 Å². The van der Waals surface area contributed by atoms with E-state index >= 15 is 0 Å². The first-order valence-corrected chi connectivity index (χ1v) is 5.37. The van der Waals surface area contributed by atoms with Gasteiger partial charge in [0.1, 0.15) is 0 Å². The summed E-state index contributed by atoms with van der Waals surface area (Å²) in [5.74, 6) is 0. The summed E-state index contributed by atoms with van der Waals surface area (Å²) in [4.78, 5) is 0. The molecule has 0 heterocycles. The monoisotopic (exact) mass is 150 g/mol. The van der Waals surface area contributed by atoms with Crippen LogP contribution < -0.4 is 0 Å². The molecule has 0 unspecified atom stereocenters. The second-order valence-electron chi connectivity index (χ2n) is 5.12. The van der Waals surface area contributed by atoms with Gasteiger partial charge in [-0.05, 0) is 49.4 Å². The van der Waals surface area contributed by atoms with E-state index in [1.807, 2.05) is 0 Å². The lowest BCUT2D eigenvalue weighted by Crippen LogP contribution is -2.15. The number of fused-ring (bicyclic) bond motifs is 1. The van der Waals surface area contributed by atoms with Gasteiger partial charge in [-0.3, -0.25) is 0 Å². The van der Waals surface area contributed by atoms with Crippen molar-refractivity contribution in [3.8, 4) is 0 Å². The minimum atomic E-state index is 0.920. The Balaban J connectivity index is 1.87. The minimum absolute atomic E-state index is 0.920. The quantitative estimate of drug-likeness (QED) is 0.495. The van der Waals surface area contributed by atoms with Crippen molar-refractivity contribution in [1.82, 2.24) is 0 Å². The molecular formula is C11H18. The lowest BCUT2D eigenvalue weighted by Gasteiger charge is -2.23. The van der Waals surface area contributed by atoms with Crippen LogP contribution in [0.3, 0.4) is 0 Å². The van der Waals surface area contributed by atoms with Crippen LogP contribution in [0.25, 0.3) is 0 Å². The van der Waals surface area contributed by atoms with Crippen LogP contribution in [-0.4, -0.2) is 0 Å². The highest BCUT2D eigenvalue weighted by Crippen LogP contribution is 2.75. The molecule has 3 rings (SSSR count). The van der Waals surface area contributed by atoms with Crippen LogP contribution in [-0.2, 0) is 0 Å². The van der Waals surface area contributed by atoms with Gasteiger partial charge >= 0.3 is 0 Å². The zero-order chi connectivity index (χ0) is 7.36. The van der Waals surface area contributed by atoms with Gasteiger partial charge in [0, 0.05) is 0 Å². The van der Waals surface area contributed by atoms with Crippen molar-refractivity contribution >= 4 is 0 Å². The van der Waals surface area contributed by atoms with Crippen LogP contribution in [0.4, 0.5) is 0 Å². The van der Waals surface area contributed by atoms with E-state index in [4.69, 9.17) is 0 Å². The number of hydrogen-bond donors (Lipinski definition) is 0. The van der Waals surface area contributed by atoms with Gasteiger partial charge in [-0.25, -0.2) is 0 Å². The summed E-state index contributed by atoms with van der Waals surface area (Å²) in [5, 5.41) is 0. The molecule has 0 N–H and O–H groups in total. The summed E-state index contributed by atoms with van der Waals surface area (Å²) in [6, 6.07) is 0. The summed E-state index contributed by atoms with van der Waals surface area (Å²) < 4.78 is 0. The van der Waals surface area contributed by atoms with Gasteiger partial charge in [0.05, 0.1) is 0 Å². The first-order chi connectivity index (χ1) is 5.37. The summed E-state index contributed by atoms with van der Waals surface area (Å²) in [7, 11) is 0. The molecule has 62 valence electrons. The summed E-state index contributed by atoms with van der Waals surface area (Å²) in [6.45, 7) is 0. The normalized spacial score (nSPS) is 37.1. The number of rotatable bonds is 0. The summed E-state index contributed by atoms with van der Waals surface area (Å²) in [6.07, 6.45) is 14.2. The highest BCUT2D eigenvalue weighted by molar-refractivity contribution is 5.14. The van der Waals surface area contributed by atoms with Gasteiger partial charge in [0.25, 0.3) is 0 Å². The predicted octanol–water partition coefficient (Wildman–Crippen LogP) is 3.51. The lowest BCUT2D eigenvalue weighted by molar-refractivity contribution is 0.261. The molecule has 3 aliphatic carbocycles. The van der Waals surface area contributed by atoms with Crippen molar-refractivity contribution in [3.63, 3.8) is 0 Å². The van der Waals surface area contributed by atoms with Crippen LogP contribution in [0.2, 0.25) is 0 Å². The van der Waals surface area contributed by atoms with Crippen molar-refractivity contribution < 1.29 is 0 Å². The van der Waals surface area contributed by atoms with Crippen LogP contribution in [0, 0.1) is 10.8 Å². The molecule has 0 aliphatic heterocycles. The van der Waals surface area contributed by atoms with Crippen molar-refractivity contribution in [1.29, 1.82) is 0 Å². The Bertz CT molecular complexity index is 152. The second kappa shape index (κ2) is 1.84. The average Bonchev–Trinajstić information content (AvgIpc) is 2.80. The fraction of sp³-hybridized carbons (Fsp3) is 1.00. The molecule has 0 bridgehead atoms. The number of hydrogen-bond acceptors (Lipinski definition) is 0. The molecule has 11 heavy (non-hydrogen) atoms. The van der Waals surface area contributed by atoms with Crippen LogP contribution in [0.15, 0.2) is 0 Å². The predicted molar refractivity (Wildman–Crippen MR) is 46.4 cm³/mol. The van der Waals surface area contributed by atoms with Gasteiger partial charge in [0.15, 0.2) is 0 Å². The Morgan fingerprint density at radius 1 is 0.455 bits per heavy atom. The van der Waals surface area contributed by atoms with Gasteiger partial charge in [-0.2, -0.15) is 0 Å². The molecule has 2 spiro atoms. The lowest BCUT2D eigenvalue weighted by atomic mass is 9.81. The first-order valence-electron chi connectivity index (χ1n) is 5.37. The maximum atomic E-state index is 1.59. The van der Waals surface area contributed by atoms with E-state index in [2.05, 4.69) is 0 Å². The van der Waals surface area contributed by atoms with E-state index in [0.717, 1.165) is 10.8 Å². The van der Waals surface area contributed by atoms with Gasteiger partial charge < -0.3 is 0 Å². The maximum absolute atomic E-state index is 1.59. The Kier molecular flexibility index (Phi) is 1.09. The molecule has 0 aromatic rings. The highest BCUT2D eigenvalue weighted by atomic mass is 14.7. The molecule has 0 aromatic carbocycles. The summed E-state index contributed by atoms with van der Waals surface area (Å²) >= 11 is 0. The van der Waals surface area contributed by atoms with Crippen molar-refractivity contribution in [2.45, 2.75) is 57.8 Å². The van der Waals surface area contributed by atoms with Crippen LogP contribution in [0.5, 0.6) is 0 Å². The fourth-order valence-corrected chi connectivity index (χ4v) is 3.50. The van der Waals surface area contributed by atoms with E-state index in [1.54, 1.807) is 51.4 Å². The van der Waals surface area contributed by atoms with Gasteiger partial charge in [-0.15, -0.1) is 0 Å². The molecule has 3 aliphatic rings. The van der Waals surface area contributed by atoms with E-state index in [0.29, 0.717) is 0 Å². The van der Waals surface area contributed by atoms with Gasteiger partial charge in [-0.1, -0.05) is 19.3 Å². The molecular weight excluding hydrogens is 132 g/mol. The molecule has 0 amide bonds. The third-order valence-corrected chi connectivity index (χ3v) is 4.64. The maximum Gasteiger partial charge on any atom is -0.0241 e. The Morgan fingerprint density at radius 2 is 0.909 bits per heavy atom. The molecule has 0 atom stereocenters. The Labute approximate surface area is 69.4 Å². The molecule has 0 nitrogen and oxygen atoms in total. The van der Waals surface area contributed by atoms with Crippen molar-refractivity contribution in [2.24, 2.45) is 10.8 Å². The third-order valence-electron chi connectivity index (χ3n) is 4.64. The zero-order valence-corrected chi connectivity index (χ0v) is 7.36. The van der Waals surface area contributed by atoms with E-state index in [1.165, 1.54) is 6.42 Å². The summed E-state index contributed by atoms with van der Waals surface area (Å²) in [5.41, 5.74) is 1.84. The largest absolute Gasteiger partial charge is 0.0533 e. The zero-order valence-electron chi connectivity index (χ0n) is 7.36. The van der Waals surface area contributed by atoms with E-state index < -0.39 is 0 Å². The Morgan fingerprint density at radius 3 is 1.27 bits per heavy atom. The van der Waals surface area contributed by atoms with Gasteiger partial charge in [0.2, 0.25) is 0 Å². The standard InChI is InChI=1S/C11H18/c1-2-4-10(6-7-10)11(5-3-1)8-9-11/h1-9H2. The van der Waals surface area contributed by atoms with Crippen molar-refractivity contribution in [2.75, 3.05) is 0 Å². The molecule has 0 aromatic heterocycles. The smallest absolute Gasteiger partial charge is 0.0241 e. The first kappa shape index (κ1) is 6.51. The van der Waals surface area contributed by atoms with E-state index in [-0.39, 0.29) is 0 Å². The molecule has 3 saturated carbocycles. The Hall–Kier alpha value is 0. The van der Waals surface area contributed by atoms with E-state index in [9.17, 15) is 0 Å². The third kappa shape index (κ3) is 0.761. The fourth-order valence-electron chi connectivity index (χ4n) is 3.50. The average molecular weight is 150 g/mol. The highest BCUT2D eigenvalue weighted by Gasteiger charge is 2.64. The SMILES string of the molecule is C1CCC2(CC2)C2(CC1)CC2. The van der Waals surface area contributed by atoms with Crippen molar-refractivity contribution in [3.05, 3.63) is 0 Å². The minimum Gasteiger partial charge on any atom is -0.0533 e. The molecule has 3 fully saturated rings. The topological polar surface area (TPSA) is 0 Å². The molecule has 0 saturated heterocycles. The molecule has 0 radical (unpaired) electrons. The molecule has 0 heteroatoms. The van der Waals surface area contributed by atoms with Crippen LogP contribution >= 0.6 is 0 Å². The second-order valence-corrected chi connectivity index (χ2v) is 5.12.